The Morgan fingerprint density at radius 3 is 1.62 bits per heavy atom. The fourth-order valence-electron chi connectivity index (χ4n) is 0.258. The minimum Gasteiger partial charge on any atom is -0.332 e. The summed E-state index contributed by atoms with van der Waals surface area (Å²) in [6.45, 7) is 4.38. The van der Waals surface area contributed by atoms with Gasteiger partial charge < -0.3 is 5.32 Å². The molecule has 0 aromatic rings. The van der Waals surface area contributed by atoms with Crippen LogP contribution in [0.4, 0.5) is 0 Å². The zero-order chi connectivity index (χ0) is 6.78. The second kappa shape index (κ2) is 2.46. The van der Waals surface area contributed by atoms with Crippen LogP contribution in [0.1, 0.15) is 13.8 Å². The molecule has 0 aromatic heterocycles. The van der Waals surface area contributed by atoms with E-state index < -0.39 is 0 Å². The Balaban J connectivity index is 3.71. The topological polar surface area (TPSA) is 19.9 Å². The van der Waals surface area contributed by atoms with Gasteiger partial charge in [-0.15, -0.1) is 0 Å². The van der Waals surface area contributed by atoms with Crippen molar-refractivity contribution in [2.75, 3.05) is 21.1 Å². The molecule has 2 N–H and O–H groups in total. The molecule has 0 saturated carbocycles. The number of nitrogens with two attached hydrogens (primary N) is 1. The molecule has 2 nitrogen and oxygen atoms in total. The van der Waals surface area contributed by atoms with Crippen molar-refractivity contribution < 1.29 is 5.32 Å². The second-order valence-electron chi connectivity index (χ2n) is 2.84. The molecule has 0 unspecified atom stereocenters. The van der Waals surface area contributed by atoms with E-state index in [1.165, 1.54) is 0 Å². The molecule has 0 spiro atoms. The summed E-state index contributed by atoms with van der Waals surface area (Å²) in [5.41, 5.74) is 0.250. The average molecular weight is 117 g/mol. The summed E-state index contributed by atoms with van der Waals surface area (Å²) in [4.78, 5) is 2.19. The number of quaternary nitrogens is 1. The lowest BCUT2D eigenvalue weighted by Crippen LogP contribution is -2.95. The molecule has 0 heterocycles. The van der Waals surface area contributed by atoms with E-state index in [4.69, 9.17) is 0 Å². The van der Waals surface area contributed by atoms with Gasteiger partial charge in [-0.25, -0.2) is 0 Å². The fourth-order valence-corrected chi connectivity index (χ4v) is 0.258. The van der Waals surface area contributed by atoms with Crippen molar-refractivity contribution in [3.8, 4) is 0 Å². The Hall–Kier alpha value is -0.0800. The summed E-state index contributed by atoms with van der Waals surface area (Å²) in [7, 11) is 6.25. The van der Waals surface area contributed by atoms with Crippen LogP contribution in [-0.4, -0.2) is 31.7 Å². The molecule has 8 heavy (non-hydrogen) atoms. The summed E-state index contributed by atoms with van der Waals surface area (Å²) in [6.07, 6.45) is 0. The number of nitrogens with zero attached hydrogens (tertiary/aromatic N) is 1. The van der Waals surface area contributed by atoms with Gasteiger partial charge in [0.05, 0.1) is 7.05 Å². The van der Waals surface area contributed by atoms with E-state index in [1.54, 1.807) is 0 Å². The first-order valence-electron chi connectivity index (χ1n) is 2.98. The lowest BCUT2D eigenvalue weighted by Gasteiger charge is -2.27. The van der Waals surface area contributed by atoms with Crippen molar-refractivity contribution in [3.63, 3.8) is 0 Å². The van der Waals surface area contributed by atoms with Gasteiger partial charge in [0.2, 0.25) is 0 Å². The Labute approximate surface area is 51.9 Å². The maximum Gasteiger partial charge on any atom is 0.145 e. The second-order valence-corrected chi connectivity index (χ2v) is 2.84. The van der Waals surface area contributed by atoms with Gasteiger partial charge in [-0.2, -0.15) is 0 Å². The van der Waals surface area contributed by atoms with Crippen molar-refractivity contribution in [3.05, 3.63) is 0 Å². The van der Waals surface area contributed by atoms with Crippen LogP contribution in [0.5, 0.6) is 0 Å². The lowest BCUT2D eigenvalue weighted by molar-refractivity contribution is -0.718. The molecule has 0 aromatic carbocycles. The Morgan fingerprint density at radius 1 is 1.25 bits per heavy atom. The van der Waals surface area contributed by atoms with Crippen LogP contribution in [-0.2, 0) is 0 Å². The lowest BCUT2D eigenvalue weighted by atomic mass is 10.2. The summed E-state index contributed by atoms with van der Waals surface area (Å²) in [5.74, 6) is 0. The highest BCUT2D eigenvalue weighted by Crippen LogP contribution is 1.95. The van der Waals surface area contributed by atoms with E-state index in [1.807, 2.05) is 0 Å². The van der Waals surface area contributed by atoms with Crippen LogP contribution in [0.3, 0.4) is 0 Å². The fraction of sp³-hybridized carbons (Fsp3) is 1.00. The van der Waals surface area contributed by atoms with Gasteiger partial charge in [-0.3, -0.25) is 4.90 Å². The van der Waals surface area contributed by atoms with Crippen LogP contribution in [0.25, 0.3) is 0 Å². The Morgan fingerprint density at radius 2 is 1.62 bits per heavy atom. The molecule has 0 amide bonds. The molecule has 0 rings (SSSR count). The van der Waals surface area contributed by atoms with Crippen LogP contribution in [0.15, 0.2) is 0 Å². The largest absolute Gasteiger partial charge is 0.332 e. The minimum absolute atomic E-state index is 0.250. The third-order valence-corrected chi connectivity index (χ3v) is 1.86. The smallest absolute Gasteiger partial charge is 0.145 e. The van der Waals surface area contributed by atoms with Crippen LogP contribution in [0, 0.1) is 0 Å². The Kier molecular flexibility index (Phi) is 2.44. The standard InChI is InChI=1S/C6H16N2/c1-6(2,7-3)8(4)5/h7H,1-5H3/p+1. The van der Waals surface area contributed by atoms with Gasteiger partial charge in [0, 0.05) is 13.8 Å². The molecule has 0 saturated heterocycles. The van der Waals surface area contributed by atoms with Crippen molar-refractivity contribution in [1.29, 1.82) is 0 Å². The molecule has 0 bridgehead atoms. The van der Waals surface area contributed by atoms with Gasteiger partial charge in [-0.1, -0.05) is 0 Å². The van der Waals surface area contributed by atoms with E-state index in [0.717, 1.165) is 0 Å². The molecule has 0 atom stereocenters. The highest BCUT2D eigenvalue weighted by Gasteiger charge is 2.20. The molecule has 0 radical (unpaired) electrons. The molecule has 50 valence electrons. The minimum atomic E-state index is 0.250. The predicted octanol–water partition coefficient (Wildman–Crippen LogP) is -0.523. The third kappa shape index (κ3) is 1.80. The molecule has 2 heteroatoms. The maximum atomic E-state index is 2.19. The maximum absolute atomic E-state index is 2.19. The van der Waals surface area contributed by atoms with Crippen LogP contribution in [0.2, 0.25) is 0 Å². The highest BCUT2D eigenvalue weighted by atomic mass is 15.3. The molecule has 0 fully saturated rings. The van der Waals surface area contributed by atoms with Gasteiger partial charge in [0.25, 0.3) is 0 Å². The Bertz CT molecular complexity index is 66.9. The SMILES string of the molecule is C[NH2+]C(C)(C)N(C)C. The highest BCUT2D eigenvalue weighted by molar-refractivity contribution is 4.57. The summed E-state index contributed by atoms with van der Waals surface area (Å²) in [6, 6.07) is 0. The summed E-state index contributed by atoms with van der Waals surface area (Å²) >= 11 is 0. The van der Waals surface area contributed by atoms with Crippen molar-refractivity contribution >= 4 is 0 Å². The molecular weight excluding hydrogens is 100 g/mol. The first kappa shape index (κ1) is 7.92. The molecule has 0 aliphatic heterocycles. The average Bonchev–Trinajstić information content (AvgIpc) is 1.67. The van der Waals surface area contributed by atoms with E-state index in [9.17, 15) is 0 Å². The van der Waals surface area contributed by atoms with E-state index >= 15 is 0 Å². The monoisotopic (exact) mass is 117 g/mol. The van der Waals surface area contributed by atoms with Gasteiger partial charge >= 0.3 is 0 Å². The van der Waals surface area contributed by atoms with E-state index in [2.05, 4.69) is 45.2 Å². The van der Waals surface area contributed by atoms with Crippen LogP contribution < -0.4 is 5.32 Å². The molecule has 0 aliphatic carbocycles. The van der Waals surface area contributed by atoms with Crippen molar-refractivity contribution in [2.24, 2.45) is 0 Å². The van der Waals surface area contributed by atoms with Crippen molar-refractivity contribution in [1.82, 2.24) is 4.90 Å². The van der Waals surface area contributed by atoms with E-state index in [0.29, 0.717) is 0 Å². The van der Waals surface area contributed by atoms with Crippen molar-refractivity contribution in [2.45, 2.75) is 19.5 Å². The summed E-state index contributed by atoms with van der Waals surface area (Å²) < 4.78 is 0. The zero-order valence-corrected chi connectivity index (χ0v) is 6.52. The van der Waals surface area contributed by atoms with Gasteiger partial charge in [0.1, 0.15) is 5.66 Å². The molecular formula is C6H17N2+. The molecule has 0 aliphatic rings. The normalized spacial score (nSPS) is 12.8. The third-order valence-electron chi connectivity index (χ3n) is 1.86. The quantitative estimate of drug-likeness (QED) is 0.482. The van der Waals surface area contributed by atoms with Gasteiger partial charge in [0.15, 0.2) is 0 Å². The number of hydrogen-bond donors (Lipinski definition) is 1. The first-order chi connectivity index (χ1) is 3.50. The van der Waals surface area contributed by atoms with Crippen LogP contribution >= 0.6 is 0 Å². The predicted molar refractivity (Wildman–Crippen MR) is 35.6 cm³/mol. The number of rotatable bonds is 2. The zero-order valence-electron chi connectivity index (χ0n) is 6.52. The van der Waals surface area contributed by atoms with Gasteiger partial charge in [-0.05, 0) is 14.1 Å². The first-order valence-corrected chi connectivity index (χ1v) is 2.98. The summed E-state index contributed by atoms with van der Waals surface area (Å²) in [5, 5.41) is 2.19. The van der Waals surface area contributed by atoms with E-state index in [-0.39, 0.29) is 5.66 Å². The number of hydrogen-bond acceptors (Lipinski definition) is 1.